The quantitative estimate of drug-likeness (QED) is 0.788. The molecular formula is C13H18N3O+. The number of rotatable bonds is 4. The lowest BCUT2D eigenvalue weighted by Gasteiger charge is -2.12. The molecule has 1 aromatic rings. The Balaban J connectivity index is 2.20. The Hall–Kier alpha value is -1.84. The first-order chi connectivity index (χ1) is 8.33. The summed E-state index contributed by atoms with van der Waals surface area (Å²) in [5.74, 6) is 0.871. The van der Waals surface area contributed by atoms with Gasteiger partial charge in [0.05, 0.1) is 19.3 Å². The summed E-state index contributed by atoms with van der Waals surface area (Å²) in [4.78, 5) is 17.4. The maximum Gasteiger partial charge on any atom is 0.287 e. The topological polar surface area (TPSA) is 46.5 Å². The lowest BCUT2D eigenvalue weighted by Crippen LogP contribution is -2.32. The summed E-state index contributed by atoms with van der Waals surface area (Å²) >= 11 is 0. The number of aromatic nitrogens is 1. The first kappa shape index (κ1) is 11.6. The van der Waals surface area contributed by atoms with Crippen LogP contribution in [0.25, 0.3) is 0 Å². The van der Waals surface area contributed by atoms with E-state index in [4.69, 9.17) is 0 Å². The maximum atomic E-state index is 12.0. The first-order valence-electron chi connectivity index (χ1n) is 5.97. The number of carbonyl (C=O) groups excluding carboxylic acids is 1. The molecule has 17 heavy (non-hydrogen) atoms. The highest BCUT2D eigenvalue weighted by Crippen LogP contribution is 2.19. The molecule has 0 spiro atoms. The van der Waals surface area contributed by atoms with Crippen molar-refractivity contribution in [2.45, 2.75) is 12.8 Å². The highest BCUT2D eigenvalue weighted by Gasteiger charge is 2.26. The monoisotopic (exact) mass is 232 g/mol. The van der Waals surface area contributed by atoms with Crippen molar-refractivity contribution in [3.63, 3.8) is 0 Å². The molecule has 0 aromatic carbocycles. The number of amides is 1. The van der Waals surface area contributed by atoms with Crippen molar-refractivity contribution in [3.8, 4) is 0 Å². The van der Waals surface area contributed by atoms with Gasteiger partial charge in [-0.2, -0.15) is 0 Å². The second-order valence-electron chi connectivity index (χ2n) is 4.13. The first-order valence-corrected chi connectivity index (χ1v) is 5.97. The van der Waals surface area contributed by atoms with Crippen LogP contribution in [0.15, 0.2) is 31.0 Å². The Bertz CT molecular complexity index is 411. The smallest absolute Gasteiger partial charge is 0.287 e. The van der Waals surface area contributed by atoms with Gasteiger partial charge in [-0.05, 0) is 25.0 Å². The maximum absolute atomic E-state index is 12.0. The minimum atomic E-state index is -0.0522. The van der Waals surface area contributed by atoms with E-state index in [0.29, 0.717) is 12.1 Å². The molecule has 0 radical (unpaired) electrons. The molecule has 1 aliphatic heterocycles. The van der Waals surface area contributed by atoms with Crippen molar-refractivity contribution >= 4 is 11.7 Å². The molecule has 0 atom stereocenters. The number of hydrogen-bond acceptors (Lipinski definition) is 2. The zero-order valence-corrected chi connectivity index (χ0v) is 9.91. The molecule has 0 unspecified atom stereocenters. The number of carbonyl (C=O) groups is 1. The van der Waals surface area contributed by atoms with E-state index in [1.807, 2.05) is 18.3 Å². The second-order valence-corrected chi connectivity index (χ2v) is 4.13. The molecule has 4 nitrogen and oxygen atoms in total. The third-order valence-corrected chi connectivity index (χ3v) is 2.91. The molecular weight excluding hydrogens is 214 g/mol. The summed E-state index contributed by atoms with van der Waals surface area (Å²) in [7, 11) is 0. The summed E-state index contributed by atoms with van der Waals surface area (Å²) in [6.45, 7) is 6.12. The molecule has 90 valence electrons. The van der Waals surface area contributed by atoms with Crippen molar-refractivity contribution in [2.75, 3.05) is 24.5 Å². The summed E-state index contributed by atoms with van der Waals surface area (Å²) < 4.78 is 0. The second kappa shape index (κ2) is 5.48. The van der Waals surface area contributed by atoms with Crippen LogP contribution in [0, 0.1) is 0 Å². The van der Waals surface area contributed by atoms with Gasteiger partial charge in [0.15, 0.2) is 0 Å². The Morgan fingerprint density at radius 2 is 2.29 bits per heavy atom. The van der Waals surface area contributed by atoms with Crippen molar-refractivity contribution in [3.05, 3.63) is 36.5 Å². The van der Waals surface area contributed by atoms with Crippen molar-refractivity contribution in [1.82, 2.24) is 5.32 Å². The molecule has 1 aliphatic rings. The SMILES string of the molecule is C=CCNC(=O)c1ccc[nH+]c1N1CCCC1. The van der Waals surface area contributed by atoms with Gasteiger partial charge in [-0.1, -0.05) is 6.08 Å². The minimum Gasteiger partial charge on any atom is -0.348 e. The number of pyridine rings is 1. The largest absolute Gasteiger partial charge is 0.348 e. The summed E-state index contributed by atoms with van der Waals surface area (Å²) in [6, 6.07) is 3.70. The fourth-order valence-corrected chi connectivity index (χ4v) is 2.07. The van der Waals surface area contributed by atoms with Crippen LogP contribution in [0.1, 0.15) is 23.2 Å². The van der Waals surface area contributed by atoms with Gasteiger partial charge in [0, 0.05) is 6.54 Å². The molecule has 0 bridgehead atoms. The van der Waals surface area contributed by atoms with Crippen LogP contribution in [0.2, 0.25) is 0 Å². The lowest BCUT2D eigenvalue weighted by molar-refractivity contribution is -0.364. The summed E-state index contributed by atoms with van der Waals surface area (Å²) in [6.07, 6.45) is 5.92. The van der Waals surface area contributed by atoms with Crippen LogP contribution in [-0.2, 0) is 0 Å². The minimum absolute atomic E-state index is 0.0522. The Morgan fingerprint density at radius 3 is 3.00 bits per heavy atom. The van der Waals surface area contributed by atoms with Gasteiger partial charge in [0.25, 0.3) is 11.7 Å². The molecule has 1 saturated heterocycles. The lowest BCUT2D eigenvalue weighted by atomic mass is 10.2. The van der Waals surface area contributed by atoms with E-state index >= 15 is 0 Å². The van der Waals surface area contributed by atoms with Crippen LogP contribution < -0.4 is 15.2 Å². The van der Waals surface area contributed by atoms with E-state index in [9.17, 15) is 4.79 Å². The summed E-state index contributed by atoms with van der Waals surface area (Å²) in [5.41, 5.74) is 0.705. The normalized spacial score (nSPS) is 14.7. The Labute approximate surface area is 101 Å². The van der Waals surface area contributed by atoms with Crippen LogP contribution in [0.4, 0.5) is 5.82 Å². The van der Waals surface area contributed by atoms with Crippen LogP contribution in [0.3, 0.4) is 0 Å². The Morgan fingerprint density at radius 1 is 1.53 bits per heavy atom. The zero-order valence-electron chi connectivity index (χ0n) is 9.91. The van der Waals surface area contributed by atoms with Gasteiger partial charge in [-0.15, -0.1) is 6.58 Å². The molecule has 1 aromatic heterocycles. The fourth-order valence-electron chi connectivity index (χ4n) is 2.07. The van der Waals surface area contributed by atoms with Gasteiger partial charge < -0.3 is 5.32 Å². The summed E-state index contributed by atoms with van der Waals surface area (Å²) in [5, 5.41) is 2.81. The van der Waals surface area contributed by atoms with Crippen molar-refractivity contribution in [2.24, 2.45) is 0 Å². The molecule has 4 heteroatoms. The molecule has 0 aliphatic carbocycles. The molecule has 2 heterocycles. The van der Waals surface area contributed by atoms with Crippen molar-refractivity contribution < 1.29 is 9.78 Å². The van der Waals surface area contributed by atoms with E-state index in [1.165, 1.54) is 12.8 Å². The molecule has 1 amide bonds. The van der Waals surface area contributed by atoms with Gasteiger partial charge in [-0.3, -0.25) is 9.69 Å². The number of aromatic amines is 1. The predicted octanol–water partition coefficient (Wildman–Crippen LogP) is 1.02. The van der Waals surface area contributed by atoms with Gasteiger partial charge in [0.2, 0.25) is 0 Å². The standard InChI is InChI=1S/C13H17N3O/c1-2-7-15-13(17)11-6-5-8-14-12(11)16-9-3-4-10-16/h2,5-6,8H,1,3-4,7,9-10H2,(H,15,17)/p+1. The van der Waals surface area contributed by atoms with E-state index < -0.39 is 0 Å². The van der Waals surface area contributed by atoms with Crippen LogP contribution in [-0.4, -0.2) is 25.5 Å². The third kappa shape index (κ3) is 2.64. The number of nitrogens with zero attached hydrogens (tertiary/aromatic N) is 1. The molecule has 1 fully saturated rings. The van der Waals surface area contributed by atoms with Crippen molar-refractivity contribution in [1.29, 1.82) is 0 Å². The van der Waals surface area contributed by atoms with Gasteiger partial charge in [-0.25, -0.2) is 4.98 Å². The number of anilines is 1. The van der Waals surface area contributed by atoms with E-state index in [2.05, 4.69) is 21.8 Å². The zero-order chi connectivity index (χ0) is 12.1. The fraction of sp³-hybridized carbons (Fsp3) is 0.385. The number of hydrogen-bond donors (Lipinski definition) is 1. The van der Waals surface area contributed by atoms with Gasteiger partial charge in [0.1, 0.15) is 5.56 Å². The third-order valence-electron chi connectivity index (χ3n) is 2.91. The van der Waals surface area contributed by atoms with Crippen LogP contribution in [0.5, 0.6) is 0 Å². The molecule has 0 saturated carbocycles. The average molecular weight is 232 g/mol. The van der Waals surface area contributed by atoms with E-state index in [-0.39, 0.29) is 5.91 Å². The number of H-pyrrole nitrogens is 1. The highest BCUT2D eigenvalue weighted by molar-refractivity contribution is 5.98. The molecule has 2 N–H and O–H groups in total. The number of nitrogens with one attached hydrogen (secondary N) is 2. The molecule has 2 rings (SSSR count). The highest BCUT2D eigenvalue weighted by atomic mass is 16.1. The van der Waals surface area contributed by atoms with E-state index in [1.54, 1.807) is 6.08 Å². The van der Waals surface area contributed by atoms with Crippen LogP contribution >= 0.6 is 0 Å². The van der Waals surface area contributed by atoms with Gasteiger partial charge >= 0.3 is 0 Å². The predicted molar refractivity (Wildman–Crippen MR) is 67.0 cm³/mol. The Kier molecular flexibility index (Phi) is 3.75. The average Bonchev–Trinajstić information content (AvgIpc) is 2.89. The van der Waals surface area contributed by atoms with E-state index in [0.717, 1.165) is 18.9 Å².